The van der Waals surface area contributed by atoms with Crippen LogP contribution in [0.4, 0.5) is 17.2 Å². The molecule has 3 N–H and O–H groups in total. The van der Waals surface area contributed by atoms with E-state index in [-0.39, 0.29) is 17.1 Å². The first-order valence-corrected chi connectivity index (χ1v) is 5.76. The molecule has 0 aliphatic rings. The number of pyridine rings is 1. The molecular formula is C13H12N4O3. The van der Waals surface area contributed by atoms with Gasteiger partial charge in [0, 0.05) is 11.8 Å². The average Bonchev–Trinajstić information content (AvgIpc) is 2.41. The number of nitrogens with zero attached hydrogens (tertiary/aromatic N) is 2. The zero-order chi connectivity index (χ0) is 14.7. The molecule has 1 aromatic heterocycles. The third kappa shape index (κ3) is 2.72. The minimum Gasteiger partial charge on any atom is -0.383 e. The molecule has 0 fully saturated rings. The molecule has 7 nitrogen and oxygen atoms in total. The second-order valence-electron chi connectivity index (χ2n) is 4.15. The van der Waals surface area contributed by atoms with Crippen molar-refractivity contribution in [3.05, 3.63) is 57.8 Å². The van der Waals surface area contributed by atoms with E-state index < -0.39 is 10.8 Å². The van der Waals surface area contributed by atoms with Crippen LogP contribution < -0.4 is 11.1 Å². The van der Waals surface area contributed by atoms with Crippen molar-refractivity contribution in [1.29, 1.82) is 0 Å². The Balaban J connectivity index is 2.32. The van der Waals surface area contributed by atoms with E-state index in [4.69, 9.17) is 5.73 Å². The van der Waals surface area contributed by atoms with Crippen molar-refractivity contribution in [2.45, 2.75) is 6.92 Å². The van der Waals surface area contributed by atoms with E-state index in [0.29, 0.717) is 5.69 Å². The molecule has 2 aromatic rings. The largest absolute Gasteiger partial charge is 0.383 e. The van der Waals surface area contributed by atoms with Gasteiger partial charge >= 0.3 is 0 Å². The van der Waals surface area contributed by atoms with Crippen molar-refractivity contribution >= 4 is 23.1 Å². The van der Waals surface area contributed by atoms with Gasteiger partial charge < -0.3 is 11.1 Å². The molecule has 20 heavy (non-hydrogen) atoms. The first-order valence-electron chi connectivity index (χ1n) is 5.76. The summed E-state index contributed by atoms with van der Waals surface area (Å²) in [6, 6.07) is 8.29. The number of rotatable bonds is 3. The fourth-order valence-electron chi connectivity index (χ4n) is 1.65. The van der Waals surface area contributed by atoms with Crippen LogP contribution in [-0.4, -0.2) is 15.8 Å². The Morgan fingerprint density at radius 2 is 2.10 bits per heavy atom. The summed E-state index contributed by atoms with van der Waals surface area (Å²) in [5, 5.41) is 13.3. The SMILES string of the molecule is Cc1ccccc1NC(=O)c1cc([N+](=O)[O-])cnc1N. The molecule has 1 aromatic carbocycles. The van der Waals surface area contributed by atoms with Crippen LogP contribution >= 0.6 is 0 Å². The number of nitrogen functional groups attached to an aromatic ring is 1. The van der Waals surface area contributed by atoms with E-state index in [1.54, 1.807) is 12.1 Å². The second-order valence-corrected chi connectivity index (χ2v) is 4.15. The normalized spacial score (nSPS) is 10.1. The first kappa shape index (κ1) is 13.5. The molecule has 2 rings (SSSR count). The molecule has 0 radical (unpaired) electrons. The number of aryl methyl sites for hydroxylation is 1. The van der Waals surface area contributed by atoms with Gasteiger partial charge in [0.15, 0.2) is 0 Å². The smallest absolute Gasteiger partial charge is 0.288 e. The van der Waals surface area contributed by atoms with Gasteiger partial charge in [-0.2, -0.15) is 0 Å². The fourth-order valence-corrected chi connectivity index (χ4v) is 1.65. The van der Waals surface area contributed by atoms with Crippen molar-refractivity contribution in [2.75, 3.05) is 11.1 Å². The maximum absolute atomic E-state index is 12.1. The van der Waals surface area contributed by atoms with E-state index in [0.717, 1.165) is 17.8 Å². The summed E-state index contributed by atoms with van der Waals surface area (Å²) >= 11 is 0. The third-order valence-corrected chi connectivity index (χ3v) is 2.75. The van der Waals surface area contributed by atoms with Crippen LogP contribution in [0.1, 0.15) is 15.9 Å². The lowest BCUT2D eigenvalue weighted by atomic mass is 10.1. The predicted octanol–water partition coefficient (Wildman–Crippen LogP) is 2.13. The van der Waals surface area contributed by atoms with Crippen LogP contribution in [0, 0.1) is 17.0 Å². The molecule has 7 heteroatoms. The summed E-state index contributed by atoms with van der Waals surface area (Å²) in [7, 11) is 0. The van der Waals surface area contributed by atoms with Gasteiger partial charge in [-0.3, -0.25) is 14.9 Å². The Morgan fingerprint density at radius 1 is 1.40 bits per heavy atom. The van der Waals surface area contributed by atoms with Crippen molar-refractivity contribution in [2.24, 2.45) is 0 Å². The van der Waals surface area contributed by atoms with Crippen LogP contribution in [0.2, 0.25) is 0 Å². The molecule has 1 heterocycles. The van der Waals surface area contributed by atoms with E-state index in [1.807, 2.05) is 19.1 Å². The minimum atomic E-state index is -0.628. The monoisotopic (exact) mass is 272 g/mol. The molecule has 0 spiro atoms. The molecule has 102 valence electrons. The lowest BCUT2D eigenvalue weighted by Crippen LogP contribution is -2.15. The first-order chi connectivity index (χ1) is 9.49. The van der Waals surface area contributed by atoms with Crippen molar-refractivity contribution in [1.82, 2.24) is 4.98 Å². The maximum Gasteiger partial charge on any atom is 0.288 e. The van der Waals surface area contributed by atoms with E-state index in [2.05, 4.69) is 10.3 Å². The Bertz CT molecular complexity index is 685. The zero-order valence-corrected chi connectivity index (χ0v) is 10.7. The van der Waals surface area contributed by atoms with E-state index >= 15 is 0 Å². The number of nitrogens with two attached hydrogens (primary N) is 1. The summed E-state index contributed by atoms with van der Waals surface area (Å²) in [5.41, 5.74) is 6.77. The average molecular weight is 272 g/mol. The third-order valence-electron chi connectivity index (χ3n) is 2.75. The highest BCUT2D eigenvalue weighted by atomic mass is 16.6. The number of anilines is 2. The number of hydrogen-bond donors (Lipinski definition) is 2. The zero-order valence-electron chi connectivity index (χ0n) is 10.7. The quantitative estimate of drug-likeness (QED) is 0.656. The topological polar surface area (TPSA) is 111 Å². The number of nitrogens with one attached hydrogen (secondary N) is 1. The van der Waals surface area contributed by atoms with Crippen LogP contribution in [0.3, 0.4) is 0 Å². The summed E-state index contributed by atoms with van der Waals surface area (Å²) in [6.45, 7) is 1.84. The van der Waals surface area contributed by atoms with Crippen LogP contribution in [0.5, 0.6) is 0 Å². The van der Waals surface area contributed by atoms with Gasteiger partial charge in [-0.05, 0) is 18.6 Å². The van der Waals surface area contributed by atoms with Gasteiger partial charge in [0.1, 0.15) is 12.0 Å². The molecule has 0 unspecified atom stereocenters. The molecule has 1 amide bonds. The van der Waals surface area contributed by atoms with Crippen molar-refractivity contribution < 1.29 is 9.72 Å². The lowest BCUT2D eigenvalue weighted by Gasteiger charge is -2.09. The fraction of sp³-hybridized carbons (Fsp3) is 0.0769. The second kappa shape index (κ2) is 5.35. The predicted molar refractivity (Wildman–Crippen MR) is 74.4 cm³/mol. The van der Waals surface area contributed by atoms with Crippen LogP contribution in [-0.2, 0) is 0 Å². The van der Waals surface area contributed by atoms with Crippen LogP contribution in [0.15, 0.2) is 36.5 Å². The molecule has 0 bridgehead atoms. The highest BCUT2D eigenvalue weighted by molar-refractivity contribution is 6.07. The number of benzene rings is 1. The molecule has 0 aliphatic heterocycles. The number of carbonyl (C=O) groups excluding carboxylic acids is 1. The Labute approximate surface area is 114 Å². The number of nitro groups is 1. The molecule has 0 saturated heterocycles. The van der Waals surface area contributed by atoms with Gasteiger partial charge in [0.25, 0.3) is 11.6 Å². The highest BCUT2D eigenvalue weighted by Gasteiger charge is 2.17. The van der Waals surface area contributed by atoms with Gasteiger partial charge in [0.2, 0.25) is 0 Å². The highest BCUT2D eigenvalue weighted by Crippen LogP contribution is 2.19. The Morgan fingerprint density at radius 3 is 2.75 bits per heavy atom. The van der Waals surface area contributed by atoms with Gasteiger partial charge in [-0.25, -0.2) is 4.98 Å². The van der Waals surface area contributed by atoms with Gasteiger partial charge in [0.05, 0.1) is 10.5 Å². The minimum absolute atomic E-state index is 0.0255. The Kier molecular flexibility index (Phi) is 3.60. The van der Waals surface area contributed by atoms with E-state index in [9.17, 15) is 14.9 Å². The summed E-state index contributed by atoms with van der Waals surface area (Å²) in [6.07, 6.45) is 1.01. The number of carbonyl (C=O) groups is 1. The van der Waals surface area contributed by atoms with Crippen LogP contribution in [0.25, 0.3) is 0 Å². The Hall–Kier alpha value is -2.96. The maximum atomic E-state index is 12.1. The molecule has 0 aliphatic carbocycles. The number of amides is 1. The lowest BCUT2D eigenvalue weighted by molar-refractivity contribution is -0.385. The van der Waals surface area contributed by atoms with Gasteiger partial charge in [-0.15, -0.1) is 0 Å². The number of hydrogen-bond acceptors (Lipinski definition) is 5. The molecule has 0 atom stereocenters. The molecular weight excluding hydrogens is 260 g/mol. The molecule has 0 saturated carbocycles. The standard InChI is InChI=1S/C13H12N4O3/c1-8-4-2-3-5-11(8)16-13(18)10-6-9(17(19)20)7-15-12(10)14/h2-7H,1H3,(H2,14,15)(H,16,18). The number of para-hydroxylation sites is 1. The van der Waals surface area contributed by atoms with Gasteiger partial charge in [-0.1, -0.05) is 18.2 Å². The van der Waals surface area contributed by atoms with Crippen molar-refractivity contribution in [3.63, 3.8) is 0 Å². The number of aromatic nitrogens is 1. The summed E-state index contributed by atoms with van der Waals surface area (Å²) in [5.74, 6) is -0.588. The van der Waals surface area contributed by atoms with E-state index in [1.165, 1.54) is 0 Å². The van der Waals surface area contributed by atoms with Crippen molar-refractivity contribution in [3.8, 4) is 0 Å². The summed E-state index contributed by atoms with van der Waals surface area (Å²) in [4.78, 5) is 25.8. The summed E-state index contributed by atoms with van der Waals surface area (Å²) < 4.78 is 0.